The summed E-state index contributed by atoms with van der Waals surface area (Å²) in [6.45, 7) is 1.72. The summed E-state index contributed by atoms with van der Waals surface area (Å²) < 4.78 is 0. The molecule has 2 heterocycles. The first-order valence-electron chi connectivity index (χ1n) is 6.84. The maximum Gasteiger partial charge on any atom is 0.0558 e. The molecule has 19 heavy (non-hydrogen) atoms. The number of nitrogens with zero attached hydrogens (tertiary/aromatic N) is 2. The van der Waals surface area contributed by atoms with Gasteiger partial charge in [0, 0.05) is 31.2 Å². The normalized spacial score (nSPS) is 18.8. The number of hydrogen-bond acceptors (Lipinski definition) is 3. The minimum atomic E-state index is 0.456. The lowest BCUT2D eigenvalue weighted by Gasteiger charge is -2.27. The third-order valence-corrected chi connectivity index (χ3v) is 3.83. The van der Waals surface area contributed by atoms with Gasteiger partial charge in [-0.05, 0) is 42.2 Å². The van der Waals surface area contributed by atoms with E-state index in [2.05, 4.69) is 40.2 Å². The second-order valence-electron chi connectivity index (χ2n) is 5.01. The van der Waals surface area contributed by atoms with Gasteiger partial charge in [-0.3, -0.25) is 4.98 Å². The van der Waals surface area contributed by atoms with Gasteiger partial charge in [-0.2, -0.15) is 0 Å². The van der Waals surface area contributed by atoms with Gasteiger partial charge in [0.25, 0.3) is 0 Å². The van der Waals surface area contributed by atoms with E-state index in [1.54, 1.807) is 0 Å². The molecule has 0 saturated carbocycles. The molecule has 1 saturated heterocycles. The summed E-state index contributed by atoms with van der Waals surface area (Å²) in [6, 6.07) is 13.2. The van der Waals surface area contributed by atoms with Gasteiger partial charge in [0.2, 0.25) is 0 Å². The summed E-state index contributed by atoms with van der Waals surface area (Å²) >= 11 is 0. The van der Waals surface area contributed by atoms with E-state index < -0.39 is 0 Å². The van der Waals surface area contributed by atoms with Gasteiger partial charge < -0.3 is 10.6 Å². The van der Waals surface area contributed by atoms with Crippen molar-refractivity contribution in [1.29, 1.82) is 0 Å². The minimum Gasteiger partial charge on any atom is -0.364 e. The maximum atomic E-state index is 5.65. The van der Waals surface area contributed by atoms with E-state index in [9.17, 15) is 0 Å². The van der Waals surface area contributed by atoms with E-state index in [1.807, 2.05) is 18.5 Å². The molecule has 3 nitrogen and oxygen atoms in total. The first kappa shape index (κ1) is 12.2. The van der Waals surface area contributed by atoms with Crippen molar-refractivity contribution in [3.8, 4) is 0 Å². The highest BCUT2D eigenvalue weighted by atomic mass is 15.2. The van der Waals surface area contributed by atoms with E-state index >= 15 is 0 Å². The molecule has 1 aromatic carbocycles. The van der Waals surface area contributed by atoms with Crippen molar-refractivity contribution in [2.75, 3.05) is 11.4 Å². The summed E-state index contributed by atoms with van der Waals surface area (Å²) in [5, 5.41) is 0. The predicted octanol–water partition coefficient (Wildman–Crippen LogP) is 2.88. The number of anilines is 1. The molecule has 0 bridgehead atoms. The van der Waals surface area contributed by atoms with Crippen LogP contribution in [0.4, 0.5) is 5.69 Å². The highest BCUT2D eigenvalue weighted by molar-refractivity contribution is 5.51. The molecule has 2 aromatic rings. The zero-order chi connectivity index (χ0) is 13.1. The molecule has 3 heteroatoms. The van der Waals surface area contributed by atoms with Crippen LogP contribution in [0.2, 0.25) is 0 Å². The molecule has 1 unspecified atom stereocenters. The van der Waals surface area contributed by atoms with Gasteiger partial charge >= 0.3 is 0 Å². The van der Waals surface area contributed by atoms with Crippen LogP contribution in [-0.2, 0) is 6.54 Å². The molecule has 1 aromatic heterocycles. The number of nitrogens with two attached hydrogens (primary N) is 1. The Labute approximate surface area is 114 Å². The third-order valence-electron chi connectivity index (χ3n) is 3.83. The molecule has 3 rings (SSSR count). The minimum absolute atomic E-state index is 0.456. The summed E-state index contributed by atoms with van der Waals surface area (Å²) in [6.07, 6.45) is 6.25. The number of rotatable bonds is 3. The van der Waals surface area contributed by atoms with Crippen LogP contribution in [0.5, 0.6) is 0 Å². The summed E-state index contributed by atoms with van der Waals surface area (Å²) in [5.41, 5.74) is 9.42. The molecule has 1 fully saturated rings. The van der Waals surface area contributed by atoms with E-state index in [0.29, 0.717) is 12.6 Å². The number of aromatic nitrogens is 1. The van der Waals surface area contributed by atoms with Gasteiger partial charge in [0.15, 0.2) is 0 Å². The molecule has 0 amide bonds. The van der Waals surface area contributed by atoms with Crippen molar-refractivity contribution in [2.45, 2.75) is 25.4 Å². The van der Waals surface area contributed by atoms with E-state index in [0.717, 1.165) is 6.54 Å². The Kier molecular flexibility index (Phi) is 3.47. The Morgan fingerprint density at radius 1 is 1.21 bits per heavy atom. The number of benzene rings is 1. The summed E-state index contributed by atoms with van der Waals surface area (Å²) in [4.78, 5) is 6.71. The quantitative estimate of drug-likeness (QED) is 0.914. The molecule has 1 aliphatic rings. The zero-order valence-electron chi connectivity index (χ0n) is 11.0. The second-order valence-corrected chi connectivity index (χ2v) is 5.01. The van der Waals surface area contributed by atoms with Gasteiger partial charge in [-0.1, -0.05) is 18.2 Å². The van der Waals surface area contributed by atoms with E-state index in [4.69, 9.17) is 5.73 Å². The largest absolute Gasteiger partial charge is 0.364 e. The Balaban J connectivity index is 1.86. The first-order valence-corrected chi connectivity index (χ1v) is 6.84. The third kappa shape index (κ3) is 2.47. The van der Waals surface area contributed by atoms with Crippen LogP contribution < -0.4 is 10.6 Å². The maximum absolute atomic E-state index is 5.65. The van der Waals surface area contributed by atoms with E-state index in [1.165, 1.54) is 29.7 Å². The predicted molar refractivity (Wildman–Crippen MR) is 77.9 cm³/mol. The van der Waals surface area contributed by atoms with Crippen molar-refractivity contribution in [3.05, 3.63) is 59.9 Å². The first-order chi connectivity index (χ1) is 9.38. The molecule has 0 radical (unpaired) electrons. The van der Waals surface area contributed by atoms with Crippen LogP contribution in [0, 0.1) is 0 Å². The molecule has 0 spiro atoms. The Morgan fingerprint density at radius 3 is 2.74 bits per heavy atom. The summed E-state index contributed by atoms with van der Waals surface area (Å²) in [7, 11) is 0. The molecule has 1 atom stereocenters. The van der Waals surface area contributed by atoms with E-state index in [-0.39, 0.29) is 0 Å². The van der Waals surface area contributed by atoms with Gasteiger partial charge in [0.05, 0.1) is 6.04 Å². The number of hydrogen-bond donors (Lipinski definition) is 1. The summed E-state index contributed by atoms with van der Waals surface area (Å²) in [5.74, 6) is 0. The van der Waals surface area contributed by atoms with Crippen molar-refractivity contribution >= 4 is 5.69 Å². The second kappa shape index (κ2) is 5.41. The van der Waals surface area contributed by atoms with Gasteiger partial charge in [-0.25, -0.2) is 0 Å². The lowest BCUT2D eigenvalue weighted by Crippen LogP contribution is -2.22. The lowest BCUT2D eigenvalue weighted by atomic mass is 10.1. The monoisotopic (exact) mass is 253 g/mol. The lowest BCUT2D eigenvalue weighted by molar-refractivity contribution is 0.715. The van der Waals surface area contributed by atoms with Crippen LogP contribution in [0.15, 0.2) is 48.8 Å². The van der Waals surface area contributed by atoms with Crippen LogP contribution >= 0.6 is 0 Å². The standard InChI is InChI=1S/C16H19N3/c17-11-13-5-7-15(8-6-13)19-10-2-4-16(19)14-3-1-9-18-12-14/h1,3,5-9,12,16H,2,4,10-11,17H2. The SMILES string of the molecule is NCc1ccc(N2CCCC2c2cccnc2)cc1. The number of pyridine rings is 1. The van der Waals surface area contributed by atoms with Gasteiger partial charge in [-0.15, -0.1) is 0 Å². The molecule has 0 aliphatic carbocycles. The fourth-order valence-electron chi connectivity index (χ4n) is 2.82. The molecule has 1 aliphatic heterocycles. The van der Waals surface area contributed by atoms with Crippen LogP contribution in [0.3, 0.4) is 0 Å². The van der Waals surface area contributed by atoms with Gasteiger partial charge in [0.1, 0.15) is 0 Å². The van der Waals surface area contributed by atoms with Crippen LogP contribution in [-0.4, -0.2) is 11.5 Å². The molecule has 98 valence electrons. The fraction of sp³-hybridized carbons (Fsp3) is 0.312. The average Bonchev–Trinajstić information content (AvgIpc) is 2.98. The fourth-order valence-corrected chi connectivity index (χ4v) is 2.82. The van der Waals surface area contributed by atoms with Crippen molar-refractivity contribution in [1.82, 2.24) is 4.98 Å². The van der Waals surface area contributed by atoms with Crippen molar-refractivity contribution < 1.29 is 0 Å². The molecule has 2 N–H and O–H groups in total. The van der Waals surface area contributed by atoms with Crippen molar-refractivity contribution in [2.24, 2.45) is 5.73 Å². The molecular formula is C16H19N3. The highest BCUT2D eigenvalue weighted by Crippen LogP contribution is 2.35. The zero-order valence-corrected chi connectivity index (χ0v) is 11.0. The Morgan fingerprint density at radius 2 is 2.05 bits per heavy atom. The smallest absolute Gasteiger partial charge is 0.0558 e. The molecular weight excluding hydrogens is 234 g/mol. The average molecular weight is 253 g/mol. The van der Waals surface area contributed by atoms with Crippen LogP contribution in [0.25, 0.3) is 0 Å². The topological polar surface area (TPSA) is 42.1 Å². The highest BCUT2D eigenvalue weighted by Gasteiger charge is 2.26. The van der Waals surface area contributed by atoms with Crippen LogP contribution in [0.1, 0.15) is 30.0 Å². The van der Waals surface area contributed by atoms with Crippen molar-refractivity contribution in [3.63, 3.8) is 0 Å². The Bertz CT molecular complexity index is 521. The Hall–Kier alpha value is -1.87.